The van der Waals surface area contributed by atoms with Crippen molar-refractivity contribution in [1.29, 1.82) is 0 Å². The van der Waals surface area contributed by atoms with Crippen LogP contribution in [-0.2, 0) is 16.0 Å². The van der Waals surface area contributed by atoms with Crippen LogP contribution in [0.15, 0.2) is 72.8 Å². The van der Waals surface area contributed by atoms with Crippen molar-refractivity contribution in [3.8, 4) is 11.5 Å². The Morgan fingerprint density at radius 1 is 0.949 bits per heavy atom. The van der Waals surface area contributed by atoms with Gasteiger partial charge in [0.1, 0.15) is 5.75 Å². The highest BCUT2D eigenvalue weighted by atomic mass is 16.5. The molecule has 1 aliphatic rings. The largest absolute Gasteiger partial charge is 0.494 e. The molecule has 0 radical (unpaired) electrons. The second-order valence-electron chi connectivity index (χ2n) is 9.31. The minimum atomic E-state index is -1.15. The molecular weight excluding hydrogens is 500 g/mol. The molecule has 4 rings (SSSR count). The number of anilines is 2. The number of aliphatic carboxylic acids is 2. The molecule has 3 aromatic carbocycles. The first kappa shape index (κ1) is 27.5. The van der Waals surface area contributed by atoms with Gasteiger partial charge in [-0.15, -0.1) is 0 Å². The lowest BCUT2D eigenvalue weighted by Gasteiger charge is -2.35. The Kier molecular flexibility index (Phi) is 9.39. The number of carboxylic acids is 2. The number of carboxylic acid groups (broad SMARTS) is 2. The number of hydrogen-bond donors (Lipinski definition) is 3. The predicted octanol–water partition coefficient (Wildman–Crippen LogP) is 4.86. The molecule has 0 spiro atoms. The summed E-state index contributed by atoms with van der Waals surface area (Å²) in [6.07, 6.45) is 2.01. The maximum atomic E-state index is 13.1. The highest BCUT2D eigenvalue weighted by Gasteiger charge is 2.32. The van der Waals surface area contributed by atoms with Gasteiger partial charge in [0.05, 0.1) is 24.5 Å². The van der Waals surface area contributed by atoms with E-state index in [4.69, 9.17) is 14.6 Å². The van der Waals surface area contributed by atoms with Crippen molar-refractivity contribution in [3.63, 3.8) is 0 Å². The fourth-order valence-corrected chi connectivity index (χ4v) is 4.42. The van der Waals surface area contributed by atoms with Gasteiger partial charge in [-0.2, -0.15) is 0 Å². The Bertz CT molecular complexity index is 1300. The molecule has 0 saturated heterocycles. The van der Waals surface area contributed by atoms with E-state index in [0.29, 0.717) is 42.3 Å². The summed E-state index contributed by atoms with van der Waals surface area (Å²) in [4.78, 5) is 37.6. The molecule has 204 valence electrons. The van der Waals surface area contributed by atoms with E-state index in [-0.39, 0.29) is 18.7 Å². The van der Waals surface area contributed by atoms with Crippen molar-refractivity contribution in [2.75, 3.05) is 29.9 Å². The van der Waals surface area contributed by atoms with Gasteiger partial charge in [-0.25, -0.2) is 4.79 Å². The van der Waals surface area contributed by atoms with Crippen molar-refractivity contribution in [1.82, 2.24) is 0 Å². The number of nitrogens with one attached hydrogen (secondary N) is 1. The number of hydrogen-bond acceptors (Lipinski definition) is 6. The molecule has 9 heteroatoms. The van der Waals surface area contributed by atoms with E-state index in [1.807, 2.05) is 18.2 Å². The van der Waals surface area contributed by atoms with Gasteiger partial charge in [0, 0.05) is 18.5 Å². The van der Waals surface area contributed by atoms with E-state index in [1.54, 1.807) is 47.4 Å². The van der Waals surface area contributed by atoms with Crippen LogP contribution in [0.25, 0.3) is 0 Å². The normalized spacial score (nSPS) is 14.2. The number of amides is 1. The summed E-state index contributed by atoms with van der Waals surface area (Å²) < 4.78 is 11.6. The zero-order valence-electron chi connectivity index (χ0n) is 21.5. The minimum Gasteiger partial charge on any atom is -0.494 e. The molecule has 0 bridgehead atoms. The number of ether oxygens (including phenoxy) is 2. The van der Waals surface area contributed by atoms with Crippen molar-refractivity contribution in [3.05, 3.63) is 83.9 Å². The Hall–Kier alpha value is -4.53. The van der Waals surface area contributed by atoms with Crippen molar-refractivity contribution >= 4 is 29.2 Å². The average molecular weight is 533 g/mol. The number of rotatable bonds is 13. The fourth-order valence-electron chi connectivity index (χ4n) is 4.42. The monoisotopic (exact) mass is 532 g/mol. The molecule has 0 aliphatic carbocycles. The zero-order chi connectivity index (χ0) is 27.6. The number of unbranched alkanes of at least 4 members (excludes halogenated alkanes) is 1. The summed E-state index contributed by atoms with van der Waals surface area (Å²) >= 11 is 0. The number of benzene rings is 3. The number of carbonyl (C=O) groups excluding carboxylic acids is 1. The van der Waals surface area contributed by atoms with Crippen molar-refractivity contribution in [2.24, 2.45) is 0 Å². The molecule has 9 nitrogen and oxygen atoms in total. The van der Waals surface area contributed by atoms with Crippen LogP contribution in [0.4, 0.5) is 11.4 Å². The standard InChI is InChI=1S/C30H32N2O7/c33-27(34)16-8-17-32-20-26(30(36)37)39-28-24(14-7-15-25(28)32)31-29(35)22-12-6-13-23(19-22)38-18-5-4-11-21-9-2-1-3-10-21/h1-3,6-7,9-10,12-15,19,26H,4-5,8,11,16-18,20H2,(H,31,35)(H,33,34)(H,36,37). The highest BCUT2D eigenvalue weighted by Crippen LogP contribution is 2.40. The summed E-state index contributed by atoms with van der Waals surface area (Å²) in [5.41, 5.74) is 2.61. The van der Waals surface area contributed by atoms with E-state index < -0.39 is 23.9 Å². The number of aryl methyl sites for hydroxylation is 1. The van der Waals surface area contributed by atoms with Gasteiger partial charge in [-0.05, 0) is 61.6 Å². The van der Waals surface area contributed by atoms with Crippen molar-refractivity contribution < 1.29 is 34.1 Å². The zero-order valence-corrected chi connectivity index (χ0v) is 21.5. The van der Waals surface area contributed by atoms with Gasteiger partial charge < -0.3 is 29.9 Å². The SMILES string of the molecule is O=C(O)CCCN1CC(C(=O)O)Oc2c(NC(=O)c3cccc(OCCCCc4ccccc4)c3)cccc21. The number of carbonyl (C=O) groups is 3. The van der Waals surface area contributed by atoms with Gasteiger partial charge in [0.15, 0.2) is 5.75 Å². The third-order valence-corrected chi connectivity index (χ3v) is 6.39. The predicted molar refractivity (Wildman–Crippen MR) is 147 cm³/mol. The Morgan fingerprint density at radius 2 is 1.74 bits per heavy atom. The lowest BCUT2D eigenvalue weighted by Crippen LogP contribution is -2.45. The molecule has 3 aromatic rings. The average Bonchev–Trinajstić information content (AvgIpc) is 2.93. The fraction of sp³-hybridized carbons (Fsp3) is 0.300. The van der Waals surface area contributed by atoms with E-state index in [0.717, 1.165) is 19.3 Å². The molecule has 1 heterocycles. The Balaban J connectivity index is 1.39. The van der Waals surface area contributed by atoms with Crippen LogP contribution in [-0.4, -0.2) is 53.9 Å². The molecular formula is C30H32N2O7. The van der Waals surface area contributed by atoms with E-state index in [1.165, 1.54) is 5.56 Å². The van der Waals surface area contributed by atoms with Gasteiger partial charge in [0.25, 0.3) is 5.91 Å². The maximum Gasteiger partial charge on any atom is 0.346 e. The van der Waals surface area contributed by atoms with E-state index >= 15 is 0 Å². The number of nitrogens with zero attached hydrogens (tertiary/aromatic N) is 1. The minimum absolute atomic E-state index is 0.0354. The number of para-hydroxylation sites is 1. The first-order valence-electron chi connectivity index (χ1n) is 13.0. The third kappa shape index (κ3) is 7.73. The maximum absolute atomic E-state index is 13.1. The summed E-state index contributed by atoms with van der Waals surface area (Å²) in [6.45, 7) is 0.949. The second kappa shape index (κ2) is 13.3. The molecule has 1 aliphatic heterocycles. The molecule has 0 aromatic heterocycles. The van der Waals surface area contributed by atoms with Gasteiger partial charge in [-0.1, -0.05) is 42.5 Å². The topological polar surface area (TPSA) is 125 Å². The number of fused-ring (bicyclic) bond motifs is 1. The lowest BCUT2D eigenvalue weighted by molar-refractivity contribution is -0.145. The second-order valence-corrected chi connectivity index (χ2v) is 9.31. The first-order valence-corrected chi connectivity index (χ1v) is 13.0. The van der Waals surface area contributed by atoms with E-state index in [9.17, 15) is 19.5 Å². The molecule has 3 N–H and O–H groups in total. The van der Waals surface area contributed by atoms with Crippen LogP contribution in [0, 0.1) is 0 Å². The third-order valence-electron chi connectivity index (χ3n) is 6.39. The van der Waals surface area contributed by atoms with E-state index in [2.05, 4.69) is 17.4 Å². The molecule has 1 unspecified atom stereocenters. The van der Waals surface area contributed by atoms with Crippen LogP contribution in [0.2, 0.25) is 0 Å². The summed E-state index contributed by atoms with van der Waals surface area (Å²) in [6, 6.07) is 22.3. The van der Waals surface area contributed by atoms with Crippen LogP contribution >= 0.6 is 0 Å². The van der Waals surface area contributed by atoms with Gasteiger partial charge in [0.2, 0.25) is 6.10 Å². The van der Waals surface area contributed by atoms with Crippen LogP contribution in [0.5, 0.6) is 11.5 Å². The summed E-state index contributed by atoms with van der Waals surface area (Å²) in [5, 5.41) is 21.4. The smallest absolute Gasteiger partial charge is 0.346 e. The summed E-state index contributed by atoms with van der Waals surface area (Å²) in [7, 11) is 0. The van der Waals surface area contributed by atoms with Crippen LogP contribution in [0.1, 0.15) is 41.6 Å². The van der Waals surface area contributed by atoms with Crippen molar-refractivity contribution in [2.45, 2.75) is 38.2 Å². The molecule has 1 atom stereocenters. The first-order chi connectivity index (χ1) is 18.9. The Morgan fingerprint density at radius 3 is 2.51 bits per heavy atom. The summed E-state index contributed by atoms with van der Waals surface area (Å²) in [5.74, 6) is -1.62. The van der Waals surface area contributed by atoms with Gasteiger partial charge in [-0.3, -0.25) is 9.59 Å². The van der Waals surface area contributed by atoms with Crippen LogP contribution < -0.4 is 19.7 Å². The molecule has 39 heavy (non-hydrogen) atoms. The lowest BCUT2D eigenvalue weighted by atomic mass is 10.1. The quantitative estimate of drug-likeness (QED) is 0.267. The van der Waals surface area contributed by atoms with Gasteiger partial charge >= 0.3 is 11.9 Å². The van der Waals surface area contributed by atoms with Crippen LogP contribution in [0.3, 0.4) is 0 Å². The molecule has 1 amide bonds. The Labute approximate surface area is 227 Å². The molecule has 0 fully saturated rings. The highest BCUT2D eigenvalue weighted by molar-refractivity contribution is 6.06. The molecule has 0 saturated carbocycles.